The van der Waals surface area contributed by atoms with E-state index in [0.29, 0.717) is 5.69 Å². The van der Waals surface area contributed by atoms with E-state index < -0.39 is 15.9 Å². The van der Waals surface area contributed by atoms with Crippen LogP contribution in [0.15, 0.2) is 29.2 Å². The molecule has 0 aliphatic heterocycles. The van der Waals surface area contributed by atoms with Crippen LogP contribution in [0.4, 0.5) is 5.69 Å². The van der Waals surface area contributed by atoms with Crippen LogP contribution >= 0.6 is 0 Å². The van der Waals surface area contributed by atoms with Gasteiger partial charge in [0, 0.05) is 18.5 Å². The molecule has 1 aromatic rings. The Morgan fingerprint density at radius 3 is 2.23 bits per heavy atom. The number of unbranched alkanes of at least 4 members (excludes halogenated alkanes) is 1. The maximum Gasteiger partial charge on any atom is 0.264 e. The van der Waals surface area contributed by atoms with Gasteiger partial charge in [-0.2, -0.15) is 0 Å². The fourth-order valence-electron chi connectivity index (χ4n) is 3.42. The van der Waals surface area contributed by atoms with Gasteiger partial charge in [-0.25, -0.2) is 13.1 Å². The molecule has 1 aliphatic carbocycles. The molecule has 0 aromatic heterocycles. The number of amides is 2. The molecule has 1 aromatic carbocycles. The third-order valence-corrected chi connectivity index (χ3v) is 6.34. The largest absolute Gasteiger partial charge is 0.326 e. The van der Waals surface area contributed by atoms with Gasteiger partial charge >= 0.3 is 0 Å². The highest BCUT2D eigenvalue weighted by Crippen LogP contribution is 2.32. The molecule has 2 rings (SSSR count). The van der Waals surface area contributed by atoms with Gasteiger partial charge in [0.15, 0.2) is 0 Å². The van der Waals surface area contributed by atoms with E-state index in [0.717, 1.165) is 38.5 Å². The Balaban J connectivity index is 1.89. The number of benzene rings is 1. The zero-order valence-corrected chi connectivity index (χ0v) is 16.3. The fraction of sp³-hybridized carbons (Fsp3) is 0.579. The van der Waals surface area contributed by atoms with Crippen LogP contribution in [0.2, 0.25) is 0 Å². The number of carbonyl (C=O) groups excluding carboxylic acids is 2. The smallest absolute Gasteiger partial charge is 0.264 e. The van der Waals surface area contributed by atoms with E-state index in [4.69, 9.17) is 0 Å². The number of hydrogen-bond donors (Lipinski definition) is 2. The standard InChI is InChI=1S/C19H28N2O4S/c1-3-4-5-15-6-8-16(9-7-15)19(23)20-17-10-12-18(13-11-17)26(24,25)21-14(2)22/h10-13,15-16H,3-9H2,1-2H3,(H,20,23)(H,21,22). The van der Waals surface area contributed by atoms with E-state index in [1.807, 2.05) is 4.72 Å². The first-order valence-electron chi connectivity index (χ1n) is 9.26. The summed E-state index contributed by atoms with van der Waals surface area (Å²) in [6.45, 7) is 3.34. The van der Waals surface area contributed by atoms with Crippen LogP contribution in [-0.4, -0.2) is 20.2 Å². The van der Waals surface area contributed by atoms with Crippen molar-refractivity contribution in [3.63, 3.8) is 0 Å². The number of carbonyl (C=O) groups is 2. The van der Waals surface area contributed by atoms with Gasteiger partial charge in [-0.1, -0.05) is 26.2 Å². The molecule has 1 aliphatic rings. The van der Waals surface area contributed by atoms with Crippen LogP contribution < -0.4 is 10.0 Å². The first-order chi connectivity index (χ1) is 12.3. The van der Waals surface area contributed by atoms with Gasteiger partial charge in [0.05, 0.1) is 4.90 Å². The lowest BCUT2D eigenvalue weighted by atomic mass is 9.79. The Morgan fingerprint density at radius 2 is 1.69 bits per heavy atom. The monoisotopic (exact) mass is 380 g/mol. The van der Waals surface area contributed by atoms with Crippen molar-refractivity contribution in [1.82, 2.24) is 4.72 Å². The summed E-state index contributed by atoms with van der Waals surface area (Å²) in [6.07, 6.45) is 7.76. The molecule has 0 saturated heterocycles. The molecule has 1 fully saturated rings. The number of hydrogen-bond acceptors (Lipinski definition) is 4. The number of sulfonamides is 1. The second-order valence-corrected chi connectivity index (χ2v) is 8.72. The molecular formula is C19H28N2O4S. The van der Waals surface area contributed by atoms with Crippen molar-refractivity contribution in [2.45, 2.75) is 63.7 Å². The van der Waals surface area contributed by atoms with Crippen molar-refractivity contribution in [3.8, 4) is 0 Å². The topological polar surface area (TPSA) is 92.3 Å². The predicted molar refractivity (Wildman–Crippen MR) is 101 cm³/mol. The molecule has 26 heavy (non-hydrogen) atoms. The first kappa shape index (κ1) is 20.4. The third kappa shape index (κ3) is 5.83. The molecule has 144 valence electrons. The minimum atomic E-state index is -3.85. The summed E-state index contributed by atoms with van der Waals surface area (Å²) in [7, 11) is -3.85. The lowest BCUT2D eigenvalue weighted by Gasteiger charge is -2.27. The Kier molecular flexibility index (Phi) is 7.20. The second kappa shape index (κ2) is 9.16. The van der Waals surface area contributed by atoms with Crippen molar-refractivity contribution in [1.29, 1.82) is 0 Å². The zero-order valence-electron chi connectivity index (χ0n) is 15.5. The Morgan fingerprint density at radius 1 is 1.08 bits per heavy atom. The van der Waals surface area contributed by atoms with Crippen LogP contribution in [0.3, 0.4) is 0 Å². The highest BCUT2D eigenvalue weighted by molar-refractivity contribution is 7.90. The van der Waals surface area contributed by atoms with Crippen LogP contribution in [0.1, 0.15) is 58.8 Å². The Labute approximate surface area is 155 Å². The van der Waals surface area contributed by atoms with Crippen LogP contribution in [0.25, 0.3) is 0 Å². The quantitative estimate of drug-likeness (QED) is 0.758. The summed E-state index contributed by atoms with van der Waals surface area (Å²) < 4.78 is 25.7. The molecule has 0 atom stereocenters. The summed E-state index contributed by atoms with van der Waals surface area (Å²) in [5.74, 6) is 0.126. The SMILES string of the molecule is CCCCC1CCC(C(=O)Nc2ccc(S(=O)(=O)NC(C)=O)cc2)CC1. The molecule has 0 heterocycles. The molecular weight excluding hydrogens is 352 g/mol. The van der Waals surface area contributed by atoms with Crippen LogP contribution in [-0.2, 0) is 19.6 Å². The van der Waals surface area contributed by atoms with Gasteiger partial charge in [-0.15, -0.1) is 0 Å². The van der Waals surface area contributed by atoms with Crippen LogP contribution in [0, 0.1) is 11.8 Å². The Bertz CT molecular complexity index is 720. The summed E-state index contributed by atoms with van der Waals surface area (Å²) >= 11 is 0. The summed E-state index contributed by atoms with van der Waals surface area (Å²) in [5.41, 5.74) is 0.560. The van der Waals surface area contributed by atoms with Crippen LogP contribution in [0.5, 0.6) is 0 Å². The van der Waals surface area contributed by atoms with E-state index in [9.17, 15) is 18.0 Å². The van der Waals surface area contributed by atoms with E-state index in [-0.39, 0.29) is 16.7 Å². The molecule has 0 unspecified atom stereocenters. The second-order valence-electron chi connectivity index (χ2n) is 7.04. The van der Waals surface area contributed by atoms with E-state index in [1.165, 1.54) is 31.4 Å². The average molecular weight is 381 g/mol. The van der Waals surface area contributed by atoms with Crippen molar-refractivity contribution in [3.05, 3.63) is 24.3 Å². The van der Waals surface area contributed by atoms with Gasteiger partial charge in [-0.3, -0.25) is 9.59 Å². The van der Waals surface area contributed by atoms with Crippen molar-refractivity contribution < 1.29 is 18.0 Å². The lowest BCUT2D eigenvalue weighted by molar-refractivity contribution is -0.121. The lowest BCUT2D eigenvalue weighted by Crippen LogP contribution is -2.28. The van der Waals surface area contributed by atoms with Crippen molar-refractivity contribution >= 4 is 27.5 Å². The highest BCUT2D eigenvalue weighted by atomic mass is 32.2. The van der Waals surface area contributed by atoms with E-state index in [2.05, 4.69) is 12.2 Å². The van der Waals surface area contributed by atoms with Gasteiger partial charge in [0.2, 0.25) is 11.8 Å². The predicted octanol–water partition coefficient (Wildman–Crippen LogP) is 3.45. The normalized spacial score (nSPS) is 20.4. The summed E-state index contributed by atoms with van der Waals surface area (Å²) in [6, 6.07) is 5.84. The first-order valence-corrected chi connectivity index (χ1v) is 10.7. The third-order valence-electron chi connectivity index (χ3n) is 4.89. The number of nitrogens with one attached hydrogen (secondary N) is 2. The molecule has 1 saturated carbocycles. The molecule has 6 nitrogen and oxygen atoms in total. The van der Waals surface area contributed by atoms with Gasteiger partial charge < -0.3 is 5.32 Å². The summed E-state index contributed by atoms with van der Waals surface area (Å²) in [4.78, 5) is 23.4. The Hall–Kier alpha value is -1.89. The molecule has 2 amide bonds. The average Bonchev–Trinajstić information content (AvgIpc) is 2.59. The highest BCUT2D eigenvalue weighted by Gasteiger charge is 2.26. The molecule has 2 N–H and O–H groups in total. The van der Waals surface area contributed by atoms with Gasteiger partial charge in [-0.05, 0) is 55.9 Å². The van der Waals surface area contributed by atoms with E-state index >= 15 is 0 Å². The number of anilines is 1. The molecule has 0 spiro atoms. The minimum Gasteiger partial charge on any atom is -0.326 e. The fourth-order valence-corrected chi connectivity index (χ4v) is 4.41. The van der Waals surface area contributed by atoms with E-state index in [1.54, 1.807) is 12.1 Å². The molecule has 0 bridgehead atoms. The van der Waals surface area contributed by atoms with Crippen molar-refractivity contribution in [2.75, 3.05) is 5.32 Å². The van der Waals surface area contributed by atoms with Crippen molar-refractivity contribution in [2.24, 2.45) is 11.8 Å². The zero-order chi connectivity index (χ0) is 19.2. The summed E-state index contributed by atoms with van der Waals surface area (Å²) in [5, 5.41) is 2.87. The molecule has 7 heteroatoms. The van der Waals surface area contributed by atoms with Gasteiger partial charge in [0.1, 0.15) is 0 Å². The van der Waals surface area contributed by atoms with Gasteiger partial charge in [0.25, 0.3) is 10.0 Å². The minimum absolute atomic E-state index is 0.00332. The number of rotatable bonds is 7. The maximum atomic E-state index is 12.4. The molecule has 0 radical (unpaired) electrons. The maximum absolute atomic E-state index is 12.4.